The number of hydrogen-bond acceptors (Lipinski definition) is 4. The molecular formula is C19H20Cl2N4O3. The Kier molecular flexibility index (Phi) is 6.26. The quantitative estimate of drug-likeness (QED) is 0.581. The number of piperazine rings is 1. The summed E-state index contributed by atoms with van der Waals surface area (Å²) in [5, 5.41) is 14.7. The summed E-state index contributed by atoms with van der Waals surface area (Å²) in [5.41, 5.74) is 1.86. The minimum Gasteiger partial charge on any atom is -0.368 e. The topological polar surface area (TPSA) is 78.7 Å². The smallest absolute Gasteiger partial charge is 0.317 e. The number of nitro groups is 1. The lowest BCUT2D eigenvalue weighted by Crippen LogP contribution is -2.52. The Morgan fingerprint density at radius 3 is 2.29 bits per heavy atom. The second-order valence-corrected chi connectivity index (χ2v) is 7.41. The van der Waals surface area contributed by atoms with Crippen molar-refractivity contribution < 1.29 is 9.72 Å². The third-order valence-electron chi connectivity index (χ3n) is 4.78. The number of carbonyl (C=O) groups excluding carboxylic acids is 1. The molecule has 1 heterocycles. The molecule has 9 heteroatoms. The first-order valence-electron chi connectivity index (χ1n) is 8.85. The number of amides is 2. The fourth-order valence-corrected chi connectivity index (χ4v) is 3.40. The van der Waals surface area contributed by atoms with E-state index in [0.29, 0.717) is 36.2 Å². The Morgan fingerprint density at radius 1 is 1.07 bits per heavy atom. The van der Waals surface area contributed by atoms with Crippen LogP contribution >= 0.6 is 23.2 Å². The second kappa shape index (κ2) is 8.67. The summed E-state index contributed by atoms with van der Waals surface area (Å²) in [7, 11) is 0. The van der Waals surface area contributed by atoms with Crippen molar-refractivity contribution in [1.29, 1.82) is 0 Å². The van der Waals surface area contributed by atoms with Gasteiger partial charge >= 0.3 is 6.03 Å². The number of nitrogens with zero attached hydrogens (tertiary/aromatic N) is 3. The van der Waals surface area contributed by atoms with E-state index in [1.807, 2.05) is 13.0 Å². The lowest BCUT2D eigenvalue weighted by Gasteiger charge is -2.36. The number of nitrogens with one attached hydrogen (secondary N) is 1. The van der Waals surface area contributed by atoms with Crippen LogP contribution in [-0.2, 0) is 0 Å². The van der Waals surface area contributed by atoms with Gasteiger partial charge in [-0.3, -0.25) is 10.1 Å². The van der Waals surface area contributed by atoms with Crippen LogP contribution in [0.1, 0.15) is 18.5 Å². The van der Waals surface area contributed by atoms with Gasteiger partial charge in [-0.1, -0.05) is 29.3 Å². The van der Waals surface area contributed by atoms with E-state index in [2.05, 4.69) is 10.2 Å². The Labute approximate surface area is 173 Å². The average Bonchev–Trinajstić information content (AvgIpc) is 2.70. The Balaban J connectivity index is 1.54. The molecule has 0 aromatic heterocycles. The van der Waals surface area contributed by atoms with Crippen molar-refractivity contribution in [3.63, 3.8) is 0 Å². The number of benzene rings is 2. The summed E-state index contributed by atoms with van der Waals surface area (Å²) in [6, 6.07) is 11.4. The highest BCUT2D eigenvalue weighted by molar-refractivity contribution is 6.42. The zero-order valence-electron chi connectivity index (χ0n) is 15.3. The number of anilines is 1. The second-order valence-electron chi connectivity index (χ2n) is 6.59. The monoisotopic (exact) mass is 422 g/mol. The molecule has 1 unspecified atom stereocenters. The van der Waals surface area contributed by atoms with Gasteiger partial charge in [0.05, 0.1) is 21.0 Å². The standard InChI is InChI=1S/C19H20Cl2N4O3/c1-13(14-2-7-17(20)18(21)12-14)22-19(26)24-10-8-23(9-11-24)15-3-5-16(6-4-15)25(27)28/h2-7,12-13H,8-11H2,1H3,(H,22,26). The van der Waals surface area contributed by atoms with Gasteiger partial charge in [0.25, 0.3) is 5.69 Å². The van der Waals surface area contributed by atoms with Crippen molar-refractivity contribution in [1.82, 2.24) is 10.2 Å². The van der Waals surface area contributed by atoms with Crippen LogP contribution in [-0.4, -0.2) is 42.0 Å². The van der Waals surface area contributed by atoms with E-state index in [0.717, 1.165) is 11.3 Å². The van der Waals surface area contributed by atoms with Crippen molar-refractivity contribution in [3.8, 4) is 0 Å². The third-order valence-corrected chi connectivity index (χ3v) is 5.52. The molecule has 1 saturated heterocycles. The fourth-order valence-electron chi connectivity index (χ4n) is 3.09. The minimum absolute atomic E-state index is 0.0676. The zero-order chi connectivity index (χ0) is 20.3. The summed E-state index contributed by atoms with van der Waals surface area (Å²) in [6.45, 7) is 4.34. The molecule has 1 aliphatic heterocycles. The van der Waals surface area contributed by atoms with Crippen LogP contribution in [0.2, 0.25) is 10.0 Å². The van der Waals surface area contributed by atoms with Gasteiger partial charge < -0.3 is 15.1 Å². The molecule has 1 atom stereocenters. The number of rotatable bonds is 4. The molecule has 3 rings (SSSR count). The van der Waals surface area contributed by atoms with Gasteiger partial charge in [-0.15, -0.1) is 0 Å². The largest absolute Gasteiger partial charge is 0.368 e. The summed E-state index contributed by atoms with van der Waals surface area (Å²) in [5.74, 6) is 0. The molecule has 2 amide bonds. The molecule has 0 radical (unpaired) electrons. The van der Waals surface area contributed by atoms with Crippen molar-refractivity contribution >= 4 is 40.6 Å². The Bertz CT molecular complexity index is 868. The van der Waals surface area contributed by atoms with Crippen LogP contribution in [0, 0.1) is 10.1 Å². The van der Waals surface area contributed by atoms with Crippen molar-refractivity contribution in [2.75, 3.05) is 31.1 Å². The maximum atomic E-state index is 12.6. The molecule has 1 fully saturated rings. The fraction of sp³-hybridized carbons (Fsp3) is 0.316. The van der Waals surface area contributed by atoms with Gasteiger partial charge in [0.1, 0.15) is 0 Å². The van der Waals surface area contributed by atoms with E-state index in [-0.39, 0.29) is 17.8 Å². The van der Waals surface area contributed by atoms with E-state index < -0.39 is 4.92 Å². The number of nitro benzene ring substituents is 1. The summed E-state index contributed by atoms with van der Waals surface area (Å²) >= 11 is 12.0. The number of non-ortho nitro benzene ring substituents is 1. The normalized spacial score (nSPS) is 15.2. The maximum Gasteiger partial charge on any atom is 0.317 e. The highest BCUT2D eigenvalue weighted by Gasteiger charge is 2.23. The van der Waals surface area contributed by atoms with Gasteiger partial charge in [0, 0.05) is 44.0 Å². The number of hydrogen-bond donors (Lipinski definition) is 1. The Morgan fingerprint density at radius 2 is 1.71 bits per heavy atom. The molecule has 1 aliphatic rings. The SMILES string of the molecule is CC(NC(=O)N1CCN(c2ccc([N+](=O)[O-])cc2)CC1)c1ccc(Cl)c(Cl)c1. The van der Waals surface area contributed by atoms with Crippen molar-refractivity contribution in [2.24, 2.45) is 0 Å². The van der Waals surface area contributed by atoms with Gasteiger partial charge in [-0.05, 0) is 36.8 Å². The summed E-state index contributed by atoms with van der Waals surface area (Å²) in [4.78, 5) is 26.8. The van der Waals surface area contributed by atoms with E-state index in [1.54, 1.807) is 29.2 Å². The van der Waals surface area contributed by atoms with Crippen LogP contribution in [0.4, 0.5) is 16.2 Å². The summed E-state index contributed by atoms with van der Waals surface area (Å²) < 4.78 is 0. The molecule has 2 aromatic carbocycles. The van der Waals surface area contributed by atoms with E-state index in [4.69, 9.17) is 23.2 Å². The van der Waals surface area contributed by atoms with Crippen LogP contribution in [0.5, 0.6) is 0 Å². The number of urea groups is 1. The van der Waals surface area contributed by atoms with Crippen LogP contribution < -0.4 is 10.2 Å². The predicted octanol–water partition coefficient (Wildman–Crippen LogP) is 4.49. The highest BCUT2D eigenvalue weighted by Crippen LogP contribution is 2.26. The molecule has 0 bridgehead atoms. The lowest BCUT2D eigenvalue weighted by molar-refractivity contribution is -0.384. The first-order chi connectivity index (χ1) is 13.3. The number of carbonyl (C=O) groups is 1. The molecule has 0 spiro atoms. The summed E-state index contributed by atoms with van der Waals surface area (Å²) in [6.07, 6.45) is 0. The Hall–Kier alpha value is -2.51. The molecular weight excluding hydrogens is 403 g/mol. The van der Waals surface area contributed by atoms with E-state index >= 15 is 0 Å². The molecule has 0 saturated carbocycles. The third kappa shape index (κ3) is 4.66. The molecule has 1 N–H and O–H groups in total. The van der Waals surface area contributed by atoms with Crippen molar-refractivity contribution in [3.05, 3.63) is 68.2 Å². The van der Waals surface area contributed by atoms with E-state index in [9.17, 15) is 14.9 Å². The van der Waals surface area contributed by atoms with Gasteiger partial charge in [0.15, 0.2) is 0 Å². The van der Waals surface area contributed by atoms with Gasteiger partial charge in [-0.25, -0.2) is 4.79 Å². The predicted molar refractivity (Wildman–Crippen MR) is 110 cm³/mol. The molecule has 7 nitrogen and oxygen atoms in total. The number of halogens is 2. The highest BCUT2D eigenvalue weighted by atomic mass is 35.5. The lowest BCUT2D eigenvalue weighted by atomic mass is 10.1. The van der Waals surface area contributed by atoms with Gasteiger partial charge in [0.2, 0.25) is 0 Å². The molecule has 28 heavy (non-hydrogen) atoms. The van der Waals surface area contributed by atoms with Crippen LogP contribution in [0.25, 0.3) is 0 Å². The van der Waals surface area contributed by atoms with Crippen molar-refractivity contribution in [2.45, 2.75) is 13.0 Å². The first kappa shape index (κ1) is 20.2. The van der Waals surface area contributed by atoms with Crippen LogP contribution in [0.15, 0.2) is 42.5 Å². The molecule has 2 aromatic rings. The zero-order valence-corrected chi connectivity index (χ0v) is 16.8. The molecule has 148 valence electrons. The first-order valence-corrected chi connectivity index (χ1v) is 9.60. The maximum absolute atomic E-state index is 12.6. The van der Waals surface area contributed by atoms with Crippen LogP contribution in [0.3, 0.4) is 0 Å². The minimum atomic E-state index is -0.416. The van der Waals surface area contributed by atoms with Gasteiger partial charge in [-0.2, -0.15) is 0 Å². The van der Waals surface area contributed by atoms with E-state index in [1.165, 1.54) is 12.1 Å². The molecule has 0 aliphatic carbocycles. The average molecular weight is 423 g/mol.